The molecule has 5 heteroatoms. The molecule has 1 aromatic heterocycles. The number of halogens is 1. The quantitative estimate of drug-likeness (QED) is 0.841. The molecule has 0 N–H and O–H groups in total. The Bertz CT molecular complexity index is 425. The molecule has 0 radical (unpaired) electrons. The van der Waals surface area contributed by atoms with Gasteiger partial charge in [0.2, 0.25) is 0 Å². The average molecular weight is 299 g/mol. The predicted octanol–water partition coefficient (Wildman–Crippen LogP) is 2.23. The number of nitrogens with zero attached hydrogens (tertiary/aromatic N) is 2. The zero-order valence-corrected chi connectivity index (χ0v) is 11.5. The Balaban J connectivity index is 2.17. The van der Waals surface area contributed by atoms with Gasteiger partial charge in [-0.2, -0.15) is 0 Å². The van der Waals surface area contributed by atoms with Crippen LogP contribution in [0.15, 0.2) is 22.8 Å². The summed E-state index contributed by atoms with van der Waals surface area (Å²) in [6.45, 7) is 2.70. The van der Waals surface area contributed by atoms with Crippen LogP contribution < -0.4 is 4.90 Å². The molecule has 1 aliphatic rings. The van der Waals surface area contributed by atoms with Crippen molar-refractivity contribution in [2.45, 2.75) is 19.4 Å². The van der Waals surface area contributed by atoms with Crippen molar-refractivity contribution < 1.29 is 9.53 Å². The van der Waals surface area contributed by atoms with Crippen LogP contribution in [0.3, 0.4) is 0 Å². The minimum absolute atomic E-state index is 0.0330. The van der Waals surface area contributed by atoms with Crippen molar-refractivity contribution in [3.8, 4) is 0 Å². The maximum absolute atomic E-state index is 12.2. The SMILES string of the molecule is C[C@H]1CCO[C@@H]1C(=O)N(C)c1ncccc1Br. The molecule has 1 aromatic rings. The van der Waals surface area contributed by atoms with E-state index < -0.39 is 0 Å². The van der Waals surface area contributed by atoms with E-state index in [-0.39, 0.29) is 17.9 Å². The zero-order chi connectivity index (χ0) is 12.4. The number of rotatable bonds is 2. The topological polar surface area (TPSA) is 42.4 Å². The Kier molecular flexibility index (Phi) is 3.79. The van der Waals surface area contributed by atoms with Crippen LogP contribution in [0.4, 0.5) is 5.82 Å². The second kappa shape index (κ2) is 5.14. The number of likely N-dealkylation sites (N-methyl/N-ethyl adjacent to an activating group) is 1. The fourth-order valence-corrected chi connectivity index (χ4v) is 2.45. The zero-order valence-electron chi connectivity index (χ0n) is 9.89. The fourth-order valence-electron chi connectivity index (χ4n) is 1.93. The molecule has 0 saturated carbocycles. The Labute approximate surface area is 109 Å². The first kappa shape index (κ1) is 12.5. The molecule has 17 heavy (non-hydrogen) atoms. The second-order valence-corrected chi connectivity index (χ2v) is 5.12. The lowest BCUT2D eigenvalue weighted by Gasteiger charge is -2.22. The monoisotopic (exact) mass is 298 g/mol. The number of hydrogen-bond acceptors (Lipinski definition) is 3. The number of hydrogen-bond donors (Lipinski definition) is 0. The van der Waals surface area contributed by atoms with Gasteiger partial charge in [0.1, 0.15) is 11.9 Å². The fraction of sp³-hybridized carbons (Fsp3) is 0.500. The highest BCUT2D eigenvalue weighted by atomic mass is 79.9. The van der Waals surface area contributed by atoms with Crippen LogP contribution in [0.25, 0.3) is 0 Å². The molecule has 1 saturated heterocycles. The van der Waals surface area contributed by atoms with E-state index in [1.165, 1.54) is 0 Å². The van der Waals surface area contributed by atoms with Crippen LogP contribution in [0.2, 0.25) is 0 Å². The van der Waals surface area contributed by atoms with Gasteiger partial charge < -0.3 is 4.74 Å². The van der Waals surface area contributed by atoms with Crippen LogP contribution >= 0.6 is 15.9 Å². The van der Waals surface area contributed by atoms with E-state index in [2.05, 4.69) is 20.9 Å². The van der Waals surface area contributed by atoms with Crippen molar-refractivity contribution in [2.75, 3.05) is 18.6 Å². The standard InChI is InChI=1S/C12H15BrN2O2/c1-8-5-7-17-10(8)12(16)15(2)11-9(13)4-3-6-14-11/h3-4,6,8,10H,5,7H2,1-2H3/t8-,10-/m0/s1. The number of carbonyl (C=O) groups is 1. The van der Waals surface area contributed by atoms with E-state index in [0.29, 0.717) is 12.4 Å². The van der Waals surface area contributed by atoms with Crippen LogP contribution in [0.1, 0.15) is 13.3 Å². The molecule has 1 fully saturated rings. The molecular formula is C12H15BrN2O2. The first-order chi connectivity index (χ1) is 8.11. The molecule has 2 atom stereocenters. The molecule has 1 amide bonds. The lowest BCUT2D eigenvalue weighted by atomic mass is 10.0. The summed E-state index contributed by atoms with van der Waals surface area (Å²) in [5, 5.41) is 0. The number of ether oxygens (including phenoxy) is 1. The summed E-state index contributed by atoms with van der Waals surface area (Å²) in [4.78, 5) is 18.0. The first-order valence-electron chi connectivity index (χ1n) is 5.61. The molecule has 0 bridgehead atoms. The number of carbonyl (C=O) groups excluding carboxylic acids is 1. The third-order valence-electron chi connectivity index (χ3n) is 3.02. The van der Waals surface area contributed by atoms with E-state index >= 15 is 0 Å². The smallest absolute Gasteiger partial charge is 0.257 e. The van der Waals surface area contributed by atoms with Gasteiger partial charge >= 0.3 is 0 Å². The van der Waals surface area contributed by atoms with Gasteiger partial charge in [0.25, 0.3) is 5.91 Å². The summed E-state index contributed by atoms with van der Waals surface area (Å²) in [7, 11) is 1.73. The van der Waals surface area contributed by atoms with Crippen molar-refractivity contribution in [1.82, 2.24) is 4.98 Å². The highest BCUT2D eigenvalue weighted by Crippen LogP contribution is 2.26. The van der Waals surface area contributed by atoms with Crippen molar-refractivity contribution >= 4 is 27.7 Å². The molecule has 0 aromatic carbocycles. The van der Waals surface area contributed by atoms with E-state index in [4.69, 9.17) is 4.74 Å². The van der Waals surface area contributed by atoms with Crippen molar-refractivity contribution in [2.24, 2.45) is 5.92 Å². The van der Waals surface area contributed by atoms with Crippen LogP contribution in [0, 0.1) is 5.92 Å². The van der Waals surface area contributed by atoms with E-state index in [9.17, 15) is 4.79 Å². The molecule has 2 rings (SSSR count). The van der Waals surface area contributed by atoms with E-state index in [1.54, 1.807) is 18.1 Å². The second-order valence-electron chi connectivity index (χ2n) is 4.26. The maximum Gasteiger partial charge on any atom is 0.257 e. The van der Waals surface area contributed by atoms with Gasteiger partial charge in [0.15, 0.2) is 0 Å². The van der Waals surface area contributed by atoms with Gasteiger partial charge in [-0.3, -0.25) is 9.69 Å². The lowest BCUT2D eigenvalue weighted by Crippen LogP contribution is -2.39. The number of pyridine rings is 1. The molecular weight excluding hydrogens is 284 g/mol. The minimum Gasteiger partial charge on any atom is -0.368 e. The first-order valence-corrected chi connectivity index (χ1v) is 6.40. The molecule has 0 unspecified atom stereocenters. The van der Waals surface area contributed by atoms with Crippen molar-refractivity contribution in [3.63, 3.8) is 0 Å². The Morgan fingerprint density at radius 3 is 3.00 bits per heavy atom. The Morgan fingerprint density at radius 2 is 2.41 bits per heavy atom. The summed E-state index contributed by atoms with van der Waals surface area (Å²) < 4.78 is 6.28. The normalized spacial score (nSPS) is 23.7. The molecule has 0 spiro atoms. The van der Waals surface area contributed by atoms with Gasteiger partial charge in [0, 0.05) is 19.9 Å². The minimum atomic E-state index is -0.339. The largest absolute Gasteiger partial charge is 0.368 e. The van der Waals surface area contributed by atoms with E-state index in [0.717, 1.165) is 10.9 Å². The van der Waals surface area contributed by atoms with Gasteiger partial charge in [-0.25, -0.2) is 4.98 Å². The molecule has 0 aliphatic carbocycles. The number of aromatic nitrogens is 1. The third-order valence-corrected chi connectivity index (χ3v) is 3.64. The molecule has 2 heterocycles. The maximum atomic E-state index is 12.2. The Hall–Kier alpha value is -0.940. The van der Waals surface area contributed by atoms with Crippen molar-refractivity contribution in [1.29, 1.82) is 0 Å². The lowest BCUT2D eigenvalue weighted by molar-refractivity contribution is -0.128. The Morgan fingerprint density at radius 1 is 1.65 bits per heavy atom. The van der Waals surface area contributed by atoms with Crippen molar-refractivity contribution in [3.05, 3.63) is 22.8 Å². The van der Waals surface area contributed by atoms with Gasteiger partial charge in [-0.1, -0.05) is 6.92 Å². The van der Waals surface area contributed by atoms with Gasteiger partial charge in [-0.05, 0) is 40.4 Å². The highest BCUT2D eigenvalue weighted by Gasteiger charge is 2.34. The number of anilines is 1. The summed E-state index contributed by atoms with van der Waals surface area (Å²) in [6, 6.07) is 3.69. The summed E-state index contributed by atoms with van der Waals surface area (Å²) in [6.07, 6.45) is 2.27. The van der Waals surface area contributed by atoms with Gasteiger partial charge in [0.05, 0.1) is 4.47 Å². The predicted molar refractivity (Wildman–Crippen MR) is 68.9 cm³/mol. The summed E-state index contributed by atoms with van der Waals surface area (Å²) in [5.41, 5.74) is 0. The molecule has 1 aliphatic heterocycles. The van der Waals surface area contributed by atoms with E-state index in [1.807, 2.05) is 19.1 Å². The van der Waals surface area contributed by atoms with Gasteiger partial charge in [-0.15, -0.1) is 0 Å². The average Bonchev–Trinajstić information content (AvgIpc) is 2.74. The third kappa shape index (κ3) is 2.50. The number of amides is 1. The summed E-state index contributed by atoms with van der Waals surface area (Å²) >= 11 is 3.39. The van der Waals surface area contributed by atoms with Crippen LogP contribution in [-0.4, -0.2) is 30.6 Å². The molecule has 4 nitrogen and oxygen atoms in total. The highest BCUT2D eigenvalue weighted by molar-refractivity contribution is 9.10. The van der Waals surface area contributed by atoms with Crippen LogP contribution in [-0.2, 0) is 9.53 Å². The molecule has 92 valence electrons. The van der Waals surface area contributed by atoms with Crippen LogP contribution in [0.5, 0.6) is 0 Å². The summed E-state index contributed by atoms with van der Waals surface area (Å²) in [5.74, 6) is 0.863.